The first-order valence-corrected chi connectivity index (χ1v) is 5.59. The second kappa shape index (κ2) is 6.32. The summed E-state index contributed by atoms with van der Waals surface area (Å²) in [5.74, 6) is 0. The van der Waals surface area contributed by atoms with Crippen LogP contribution in [-0.4, -0.2) is 34.6 Å². The molecule has 5 heteroatoms. The zero-order valence-corrected chi connectivity index (χ0v) is 10.2. The lowest BCUT2D eigenvalue weighted by Crippen LogP contribution is -2.22. The Labute approximate surface area is 101 Å². The van der Waals surface area contributed by atoms with Gasteiger partial charge in [0.2, 0.25) is 0 Å². The lowest BCUT2D eigenvalue weighted by molar-refractivity contribution is -0.384. The number of rotatable bonds is 6. The molecule has 0 aliphatic rings. The van der Waals surface area contributed by atoms with E-state index in [9.17, 15) is 10.1 Å². The maximum atomic E-state index is 10.5. The van der Waals surface area contributed by atoms with Crippen molar-refractivity contribution in [3.05, 3.63) is 39.9 Å². The minimum atomic E-state index is -0.402. The molecule has 1 aromatic rings. The lowest BCUT2D eigenvalue weighted by atomic mass is 10.2. The first-order valence-electron chi connectivity index (χ1n) is 5.59. The summed E-state index contributed by atoms with van der Waals surface area (Å²) in [4.78, 5) is 12.2. The van der Waals surface area contributed by atoms with E-state index >= 15 is 0 Å². The van der Waals surface area contributed by atoms with Crippen LogP contribution in [0.15, 0.2) is 24.3 Å². The van der Waals surface area contributed by atoms with Gasteiger partial charge in [0.25, 0.3) is 5.69 Å². The predicted molar refractivity (Wildman–Crippen MR) is 65.7 cm³/mol. The molecule has 0 aromatic heterocycles. The van der Waals surface area contributed by atoms with Crippen molar-refractivity contribution in [1.82, 2.24) is 4.90 Å². The number of nitrogens with zero attached hydrogens (tertiary/aromatic N) is 2. The molecule has 1 unspecified atom stereocenters. The molecule has 0 fully saturated rings. The Kier molecular flexibility index (Phi) is 5.06. The highest BCUT2D eigenvalue weighted by Gasteiger charge is 2.06. The van der Waals surface area contributed by atoms with Gasteiger partial charge in [0.05, 0.1) is 11.0 Å². The van der Waals surface area contributed by atoms with E-state index in [1.54, 1.807) is 19.1 Å². The Morgan fingerprint density at radius 1 is 1.41 bits per heavy atom. The topological polar surface area (TPSA) is 66.6 Å². The molecule has 17 heavy (non-hydrogen) atoms. The highest BCUT2D eigenvalue weighted by atomic mass is 16.6. The van der Waals surface area contributed by atoms with Gasteiger partial charge in [-0.2, -0.15) is 0 Å². The number of nitro benzene ring substituents is 1. The van der Waals surface area contributed by atoms with Crippen LogP contribution in [-0.2, 0) is 6.54 Å². The van der Waals surface area contributed by atoms with Gasteiger partial charge in [0, 0.05) is 25.2 Å². The number of hydrogen-bond donors (Lipinski definition) is 1. The van der Waals surface area contributed by atoms with E-state index in [1.165, 1.54) is 12.1 Å². The van der Waals surface area contributed by atoms with Gasteiger partial charge in [-0.25, -0.2) is 0 Å². The molecule has 1 N–H and O–H groups in total. The van der Waals surface area contributed by atoms with Crippen molar-refractivity contribution in [3.8, 4) is 0 Å². The number of benzene rings is 1. The molecule has 0 aliphatic heterocycles. The smallest absolute Gasteiger partial charge is 0.269 e. The van der Waals surface area contributed by atoms with Crippen molar-refractivity contribution in [1.29, 1.82) is 0 Å². The predicted octanol–water partition coefficient (Wildman–Crippen LogP) is 1.80. The summed E-state index contributed by atoms with van der Waals surface area (Å²) in [6.07, 6.45) is 0.429. The van der Waals surface area contributed by atoms with Gasteiger partial charge < -0.3 is 10.0 Å². The number of aliphatic hydroxyl groups is 1. The highest BCUT2D eigenvalue weighted by Crippen LogP contribution is 2.13. The Bertz CT molecular complexity index is 363. The molecule has 0 aliphatic carbocycles. The van der Waals surface area contributed by atoms with Crippen molar-refractivity contribution < 1.29 is 10.0 Å². The molecular weight excluding hydrogens is 220 g/mol. The summed E-state index contributed by atoms with van der Waals surface area (Å²) in [6, 6.07) is 6.55. The number of hydrogen-bond acceptors (Lipinski definition) is 4. The van der Waals surface area contributed by atoms with Crippen LogP contribution in [0.5, 0.6) is 0 Å². The third-order valence-electron chi connectivity index (χ3n) is 2.53. The Balaban J connectivity index is 2.48. The van der Waals surface area contributed by atoms with Gasteiger partial charge in [0.15, 0.2) is 0 Å². The Morgan fingerprint density at radius 3 is 2.47 bits per heavy atom. The van der Waals surface area contributed by atoms with Gasteiger partial charge in [-0.05, 0) is 26.0 Å². The zero-order chi connectivity index (χ0) is 12.8. The Hall–Kier alpha value is -1.46. The van der Waals surface area contributed by atoms with Crippen LogP contribution in [0, 0.1) is 10.1 Å². The van der Waals surface area contributed by atoms with E-state index in [0.29, 0.717) is 0 Å². The minimum Gasteiger partial charge on any atom is -0.393 e. The average Bonchev–Trinajstić information content (AvgIpc) is 2.27. The second-order valence-electron chi connectivity index (χ2n) is 4.30. The molecule has 0 spiro atoms. The van der Waals surface area contributed by atoms with E-state index in [-0.39, 0.29) is 11.8 Å². The molecule has 5 nitrogen and oxygen atoms in total. The fraction of sp³-hybridized carbons (Fsp3) is 0.500. The fourth-order valence-corrected chi connectivity index (χ4v) is 1.52. The summed E-state index contributed by atoms with van der Waals surface area (Å²) in [5.41, 5.74) is 1.14. The first-order chi connectivity index (χ1) is 7.99. The summed E-state index contributed by atoms with van der Waals surface area (Å²) in [6.45, 7) is 3.29. The summed E-state index contributed by atoms with van der Waals surface area (Å²) in [5, 5.41) is 19.6. The fourth-order valence-electron chi connectivity index (χ4n) is 1.52. The minimum absolute atomic E-state index is 0.111. The molecule has 0 heterocycles. The molecular formula is C12H18N2O3. The molecule has 0 amide bonds. The van der Waals surface area contributed by atoms with E-state index in [4.69, 9.17) is 5.11 Å². The number of aliphatic hydroxyl groups excluding tert-OH is 1. The van der Waals surface area contributed by atoms with Crippen molar-refractivity contribution in [2.75, 3.05) is 13.6 Å². The Morgan fingerprint density at radius 2 is 2.00 bits per heavy atom. The van der Waals surface area contributed by atoms with E-state index in [2.05, 4.69) is 4.90 Å². The van der Waals surface area contributed by atoms with Gasteiger partial charge in [-0.3, -0.25) is 10.1 Å². The van der Waals surface area contributed by atoms with E-state index < -0.39 is 4.92 Å². The van der Waals surface area contributed by atoms with Gasteiger partial charge in [-0.1, -0.05) is 12.1 Å². The van der Waals surface area contributed by atoms with Crippen LogP contribution in [0.1, 0.15) is 18.9 Å². The molecule has 1 rings (SSSR count). The van der Waals surface area contributed by atoms with Crippen LogP contribution >= 0.6 is 0 Å². The zero-order valence-electron chi connectivity index (χ0n) is 10.2. The SMILES string of the molecule is CC(O)CCN(C)Cc1ccc([N+](=O)[O-])cc1. The average molecular weight is 238 g/mol. The van der Waals surface area contributed by atoms with Gasteiger partial charge in [-0.15, -0.1) is 0 Å². The monoisotopic (exact) mass is 238 g/mol. The second-order valence-corrected chi connectivity index (χ2v) is 4.30. The molecule has 0 saturated heterocycles. The summed E-state index contributed by atoms with van der Waals surface area (Å²) < 4.78 is 0. The normalized spacial score (nSPS) is 12.7. The van der Waals surface area contributed by atoms with Crippen LogP contribution in [0.2, 0.25) is 0 Å². The van der Waals surface area contributed by atoms with Gasteiger partial charge in [0.1, 0.15) is 0 Å². The van der Waals surface area contributed by atoms with Crippen LogP contribution in [0.25, 0.3) is 0 Å². The largest absolute Gasteiger partial charge is 0.393 e. The third kappa shape index (κ3) is 4.93. The van der Waals surface area contributed by atoms with E-state index in [0.717, 1.165) is 25.1 Å². The van der Waals surface area contributed by atoms with Crippen molar-refractivity contribution in [2.24, 2.45) is 0 Å². The number of non-ortho nitro benzene ring substituents is 1. The van der Waals surface area contributed by atoms with Crippen molar-refractivity contribution in [2.45, 2.75) is 26.0 Å². The number of nitro groups is 1. The van der Waals surface area contributed by atoms with Crippen LogP contribution in [0.4, 0.5) is 5.69 Å². The first kappa shape index (κ1) is 13.6. The highest BCUT2D eigenvalue weighted by molar-refractivity contribution is 5.32. The lowest BCUT2D eigenvalue weighted by Gasteiger charge is -2.17. The summed E-state index contributed by atoms with van der Waals surface area (Å²) in [7, 11) is 1.96. The molecule has 1 atom stereocenters. The molecule has 0 bridgehead atoms. The van der Waals surface area contributed by atoms with Crippen LogP contribution in [0.3, 0.4) is 0 Å². The molecule has 0 saturated carbocycles. The standard InChI is InChI=1S/C12H18N2O3/c1-10(15)7-8-13(2)9-11-3-5-12(6-4-11)14(16)17/h3-6,10,15H,7-9H2,1-2H3. The maximum absolute atomic E-state index is 10.5. The molecule has 1 aromatic carbocycles. The third-order valence-corrected chi connectivity index (χ3v) is 2.53. The van der Waals surface area contributed by atoms with E-state index in [1.807, 2.05) is 7.05 Å². The van der Waals surface area contributed by atoms with Gasteiger partial charge >= 0.3 is 0 Å². The maximum Gasteiger partial charge on any atom is 0.269 e. The molecule has 0 radical (unpaired) electrons. The molecule has 94 valence electrons. The summed E-state index contributed by atoms with van der Waals surface area (Å²) >= 11 is 0. The van der Waals surface area contributed by atoms with Crippen molar-refractivity contribution in [3.63, 3.8) is 0 Å². The van der Waals surface area contributed by atoms with Crippen molar-refractivity contribution >= 4 is 5.69 Å². The van der Waals surface area contributed by atoms with Crippen LogP contribution < -0.4 is 0 Å². The quantitative estimate of drug-likeness (QED) is 0.606.